The normalized spacial score (nSPS) is 14.7. The molecule has 0 saturated heterocycles. The van der Waals surface area contributed by atoms with Crippen molar-refractivity contribution >= 4 is 34.5 Å². The molecule has 1 atom stereocenters. The molecule has 8 nitrogen and oxygen atoms in total. The number of anilines is 2. The summed E-state index contributed by atoms with van der Waals surface area (Å²) in [6, 6.07) is 13.2. The summed E-state index contributed by atoms with van der Waals surface area (Å²) in [5, 5.41) is 21.5. The topological polar surface area (TPSA) is 110 Å². The number of aromatic amines is 1. The minimum absolute atomic E-state index is 0.0963. The van der Waals surface area contributed by atoms with Crippen LogP contribution in [0.4, 0.5) is 21.1 Å². The fourth-order valence-corrected chi connectivity index (χ4v) is 3.22. The second-order valence-electron chi connectivity index (χ2n) is 6.20. The van der Waals surface area contributed by atoms with Gasteiger partial charge < -0.3 is 15.3 Å². The molecule has 2 heterocycles. The van der Waals surface area contributed by atoms with Crippen LogP contribution in [0.3, 0.4) is 0 Å². The standard InChI is InChI=1S/C18H17N5O3/c1-10(11-5-3-2-4-6-11)23-9-12-7-13-15(8-14(12)19-17(23)24)21-22-16(13)20-18(25)26/h2-8,10H,9H2,1H3,(H,19,24)(H,25,26)(H2,20,21,22). The smallest absolute Gasteiger partial charge is 0.410 e. The largest absolute Gasteiger partial charge is 0.465 e. The Morgan fingerprint density at radius 1 is 1.31 bits per heavy atom. The summed E-state index contributed by atoms with van der Waals surface area (Å²) in [6.45, 7) is 2.40. The van der Waals surface area contributed by atoms with Crippen LogP contribution in [-0.2, 0) is 6.54 Å². The van der Waals surface area contributed by atoms with Gasteiger partial charge in [0.2, 0.25) is 0 Å². The fraction of sp³-hybridized carbons (Fsp3) is 0.167. The highest BCUT2D eigenvalue weighted by molar-refractivity contribution is 6.01. The van der Waals surface area contributed by atoms with Gasteiger partial charge in [-0.3, -0.25) is 10.4 Å². The molecule has 4 rings (SSSR count). The van der Waals surface area contributed by atoms with E-state index in [1.807, 2.05) is 43.3 Å². The third kappa shape index (κ3) is 2.71. The van der Waals surface area contributed by atoms with Crippen LogP contribution in [0.5, 0.6) is 0 Å². The lowest BCUT2D eigenvalue weighted by atomic mass is 10.0. The second kappa shape index (κ2) is 6.07. The first-order valence-electron chi connectivity index (χ1n) is 8.16. The number of rotatable bonds is 3. The van der Waals surface area contributed by atoms with Crippen molar-refractivity contribution in [2.45, 2.75) is 19.5 Å². The lowest BCUT2D eigenvalue weighted by molar-refractivity contribution is 0.186. The van der Waals surface area contributed by atoms with Gasteiger partial charge in [0.05, 0.1) is 18.1 Å². The second-order valence-corrected chi connectivity index (χ2v) is 6.20. The van der Waals surface area contributed by atoms with Crippen molar-refractivity contribution in [1.29, 1.82) is 0 Å². The number of hydrogen-bond acceptors (Lipinski definition) is 3. The zero-order valence-electron chi connectivity index (χ0n) is 14.0. The molecule has 0 fully saturated rings. The first kappa shape index (κ1) is 15.9. The highest BCUT2D eigenvalue weighted by atomic mass is 16.4. The maximum atomic E-state index is 12.6. The van der Waals surface area contributed by atoms with E-state index in [2.05, 4.69) is 20.8 Å². The highest BCUT2D eigenvalue weighted by Gasteiger charge is 2.28. The van der Waals surface area contributed by atoms with Gasteiger partial charge in [0, 0.05) is 11.1 Å². The SMILES string of the molecule is CC(c1ccccc1)N1Cc2cc3c(NC(=O)O)n[nH]c3cc2NC1=O. The lowest BCUT2D eigenvalue weighted by Crippen LogP contribution is -2.40. The molecule has 4 N–H and O–H groups in total. The minimum Gasteiger partial charge on any atom is -0.465 e. The lowest BCUT2D eigenvalue weighted by Gasteiger charge is -2.34. The van der Waals surface area contributed by atoms with E-state index in [1.165, 1.54) is 0 Å². The summed E-state index contributed by atoms with van der Waals surface area (Å²) >= 11 is 0. The Labute approximate surface area is 148 Å². The first-order chi connectivity index (χ1) is 12.5. The Kier molecular flexibility index (Phi) is 3.72. The molecular weight excluding hydrogens is 334 g/mol. The number of hydrogen-bond donors (Lipinski definition) is 4. The van der Waals surface area contributed by atoms with Crippen molar-refractivity contribution in [3.8, 4) is 0 Å². The number of benzene rings is 2. The average Bonchev–Trinajstić information content (AvgIpc) is 3.00. The third-order valence-corrected chi connectivity index (χ3v) is 4.60. The van der Waals surface area contributed by atoms with Gasteiger partial charge in [-0.2, -0.15) is 5.10 Å². The van der Waals surface area contributed by atoms with Gasteiger partial charge in [-0.1, -0.05) is 30.3 Å². The zero-order valence-corrected chi connectivity index (χ0v) is 14.0. The Morgan fingerprint density at radius 2 is 2.08 bits per heavy atom. The van der Waals surface area contributed by atoms with Crippen LogP contribution in [0.15, 0.2) is 42.5 Å². The van der Waals surface area contributed by atoms with Crippen LogP contribution in [-0.4, -0.2) is 32.3 Å². The number of amides is 3. The van der Waals surface area contributed by atoms with Crippen molar-refractivity contribution in [2.24, 2.45) is 0 Å². The summed E-state index contributed by atoms with van der Waals surface area (Å²) < 4.78 is 0. The Morgan fingerprint density at radius 3 is 2.81 bits per heavy atom. The van der Waals surface area contributed by atoms with E-state index in [0.29, 0.717) is 23.1 Å². The van der Waals surface area contributed by atoms with Crippen LogP contribution in [0.1, 0.15) is 24.1 Å². The van der Waals surface area contributed by atoms with Crippen LogP contribution in [0.2, 0.25) is 0 Å². The van der Waals surface area contributed by atoms with Crippen LogP contribution in [0, 0.1) is 0 Å². The highest BCUT2D eigenvalue weighted by Crippen LogP contribution is 2.34. The Bertz CT molecular complexity index is 999. The monoisotopic (exact) mass is 351 g/mol. The molecule has 2 aromatic carbocycles. The number of carbonyl (C=O) groups is 2. The fourth-order valence-electron chi connectivity index (χ4n) is 3.22. The molecule has 1 unspecified atom stereocenters. The van der Waals surface area contributed by atoms with Gasteiger partial charge in [0.25, 0.3) is 0 Å². The van der Waals surface area contributed by atoms with Crippen LogP contribution in [0.25, 0.3) is 10.9 Å². The number of urea groups is 1. The molecule has 8 heteroatoms. The molecule has 0 radical (unpaired) electrons. The summed E-state index contributed by atoms with van der Waals surface area (Å²) in [7, 11) is 0. The van der Waals surface area contributed by atoms with E-state index in [4.69, 9.17) is 5.11 Å². The van der Waals surface area contributed by atoms with Crippen molar-refractivity contribution in [2.75, 3.05) is 10.6 Å². The number of nitrogens with zero attached hydrogens (tertiary/aromatic N) is 2. The number of carbonyl (C=O) groups excluding carboxylic acids is 1. The molecule has 0 aliphatic carbocycles. The first-order valence-corrected chi connectivity index (χ1v) is 8.16. The molecule has 1 aromatic heterocycles. The van der Waals surface area contributed by atoms with Crippen molar-refractivity contribution < 1.29 is 14.7 Å². The number of nitrogens with one attached hydrogen (secondary N) is 3. The molecule has 3 aromatic rings. The summed E-state index contributed by atoms with van der Waals surface area (Å²) in [5.74, 6) is 0.245. The van der Waals surface area contributed by atoms with Crippen LogP contribution >= 0.6 is 0 Å². The van der Waals surface area contributed by atoms with Gasteiger partial charge >= 0.3 is 12.1 Å². The van der Waals surface area contributed by atoms with E-state index in [9.17, 15) is 9.59 Å². The molecule has 1 aliphatic heterocycles. The molecule has 132 valence electrons. The molecule has 0 saturated carbocycles. The maximum absolute atomic E-state index is 12.6. The molecular formula is C18H17N5O3. The van der Waals surface area contributed by atoms with E-state index in [-0.39, 0.29) is 17.9 Å². The van der Waals surface area contributed by atoms with Gasteiger partial charge in [0.1, 0.15) is 0 Å². The van der Waals surface area contributed by atoms with E-state index in [1.54, 1.807) is 11.0 Å². The van der Waals surface area contributed by atoms with Gasteiger partial charge in [-0.15, -0.1) is 0 Å². The van der Waals surface area contributed by atoms with Gasteiger partial charge in [-0.05, 0) is 30.2 Å². The number of carboxylic acid groups (broad SMARTS) is 1. The Balaban J connectivity index is 1.70. The predicted octanol–water partition coefficient (Wildman–Crippen LogP) is 3.76. The molecule has 3 amide bonds. The molecule has 0 bridgehead atoms. The van der Waals surface area contributed by atoms with Crippen LogP contribution < -0.4 is 10.6 Å². The van der Waals surface area contributed by atoms with Crippen molar-refractivity contribution in [3.63, 3.8) is 0 Å². The third-order valence-electron chi connectivity index (χ3n) is 4.60. The molecule has 26 heavy (non-hydrogen) atoms. The number of H-pyrrole nitrogens is 1. The van der Waals surface area contributed by atoms with Crippen molar-refractivity contribution in [1.82, 2.24) is 15.1 Å². The van der Waals surface area contributed by atoms with Gasteiger partial charge in [-0.25, -0.2) is 9.59 Å². The van der Waals surface area contributed by atoms with E-state index in [0.717, 1.165) is 11.1 Å². The predicted molar refractivity (Wildman–Crippen MR) is 97.2 cm³/mol. The zero-order chi connectivity index (χ0) is 18.3. The number of fused-ring (bicyclic) bond motifs is 2. The van der Waals surface area contributed by atoms with Gasteiger partial charge in [0.15, 0.2) is 5.82 Å². The van der Waals surface area contributed by atoms with E-state index >= 15 is 0 Å². The summed E-state index contributed by atoms with van der Waals surface area (Å²) in [4.78, 5) is 25.2. The van der Waals surface area contributed by atoms with E-state index < -0.39 is 6.09 Å². The maximum Gasteiger partial charge on any atom is 0.410 e. The number of aromatic nitrogens is 2. The Hall–Kier alpha value is -3.55. The summed E-state index contributed by atoms with van der Waals surface area (Å²) in [5.41, 5.74) is 3.29. The molecule has 1 aliphatic rings. The quantitative estimate of drug-likeness (QED) is 0.576. The minimum atomic E-state index is -1.18. The summed E-state index contributed by atoms with van der Waals surface area (Å²) in [6.07, 6.45) is -1.18. The molecule has 0 spiro atoms. The average molecular weight is 351 g/mol. The van der Waals surface area contributed by atoms with Crippen molar-refractivity contribution in [3.05, 3.63) is 53.6 Å².